The van der Waals surface area contributed by atoms with Crippen LogP contribution in [0.2, 0.25) is 0 Å². The van der Waals surface area contributed by atoms with E-state index in [1.807, 2.05) is 0 Å². The highest BCUT2D eigenvalue weighted by Crippen LogP contribution is 2.22. The van der Waals surface area contributed by atoms with E-state index in [-0.39, 0.29) is 23.2 Å². The molecule has 1 saturated heterocycles. The van der Waals surface area contributed by atoms with Crippen molar-refractivity contribution in [1.29, 1.82) is 0 Å². The number of methoxy groups -OCH3 is 1. The molecule has 1 aromatic heterocycles. The first-order valence-electron chi connectivity index (χ1n) is 7.10. The minimum Gasteiger partial charge on any atom is -0.464 e. The first-order chi connectivity index (χ1) is 10.7. The molecule has 1 aromatic rings. The standard InChI is InChI=1S/C13H20N4O5S/c1-16-11(13(19)22-2)10(8-14-16)15-12(18)9-4-6-17(7-5-9)23(3,20)21/h8-9H,4-7H2,1-3H3,(H,15,18). The predicted molar refractivity (Wildman–Crippen MR) is 82.3 cm³/mol. The normalized spacial score (nSPS) is 17.0. The zero-order valence-corrected chi connectivity index (χ0v) is 14.1. The molecule has 1 N–H and O–H groups in total. The van der Waals surface area contributed by atoms with Gasteiger partial charge in [-0.05, 0) is 12.8 Å². The number of aryl methyl sites for hydroxylation is 1. The molecule has 1 amide bonds. The number of esters is 1. The van der Waals surface area contributed by atoms with E-state index in [1.54, 1.807) is 7.05 Å². The van der Waals surface area contributed by atoms with Crippen LogP contribution in [0.3, 0.4) is 0 Å². The largest absolute Gasteiger partial charge is 0.464 e. The molecule has 1 aliphatic rings. The van der Waals surface area contributed by atoms with E-state index in [0.29, 0.717) is 25.9 Å². The Hall–Kier alpha value is -1.94. The van der Waals surface area contributed by atoms with E-state index in [2.05, 4.69) is 15.2 Å². The molecule has 0 aliphatic carbocycles. The fraction of sp³-hybridized carbons (Fsp3) is 0.615. The van der Waals surface area contributed by atoms with Crippen molar-refractivity contribution in [2.24, 2.45) is 13.0 Å². The number of anilines is 1. The summed E-state index contributed by atoms with van der Waals surface area (Å²) in [5.41, 5.74) is 0.448. The lowest BCUT2D eigenvalue weighted by Crippen LogP contribution is -2.41. The van der Waals surface area contributed by atoms with Crippen LogP contribution in [0.15, 0.2) is 6.20 Å². The minimum absolute atomic E-state index is 0.162. The van der Waals surface area contributed by atoms with E-state index in [1.165, 1.54) is 22.3 Å². The number of aromatic nitrogens is 2. The van der Waals surface area contributed by atoms with Crippen LogP contribution < -0.4 is 5.32 Å². The topological polar surface area (TPSA) is 111 Å². The summed E-state index contributed by atoms with van der Waals surface area (Å²) in [5, 5.41) is 6.62. The molecule has 0 spiro atoms. The molecule has 2 heterocycles. The maximum Gasteiger partial charge on any atom is 0.358 e. The molecule has 0 aromatic carbocycles. The van der Waals surface area contributed by atoms with Crippen molar-refractivity contribution in [2.75, 3.05) is 31.8 Å². The number of amides is 1. The lowest BCUT2D eigenvalue weighted by Gasteiger charge is -2.29. The number of carbonyl (C=O) groups is 2. The van der Waals surface area contributed by atoms with Crippen LogP contribution in [0.1, 0.15) is 23.3 Å². The Balaban J connectivity index is 2.03. The van der Waals surface area contributed by atoms with Crippen LogP contribution in [0.25, 0.3) is 0 Å². The molecule has 128 valence electrons. The van der Waals surface area contributed by atoms with Gasteiger partial charge in [0.15, 0.2) is 5.69 Å². The molecular weight excluding hydrogens is 324 g/mol. The number of rotatable bonds is 4. The molecule has 0 bridgehead atoms. The average molecular weight is 344 g/mol. The van der Waals surface area contributed by atoms with Crippen LogP contribution in [0, 0.1) is 5.92 Å². The van der Waals surface area contributed by atoms with Crippen LogP contribution in [-0.4, -0.2) is 60.8 Å². The number of piperidine rings is 1. The van der Waals surface area contributed by atoms with Gasteiger partial charge in [-0.1, -0.05) is 0 Å². The molecule has 1 aliphatic heterocycles. The Bertz CT molecular complexity index is 704. The number of nitrogens with zero attached hydrogens (tertiary/aromatic N) is 3. The second-order valence-corrected chi connectivity index (χ2v) is 7.43. The molecule has 10 heteroatoms. The fourth-order valence-electron chi connectivity index (χ4n) is 2.55. The molecule has 0 saturated carbocycles. The van der Waals surface area contributed by atoms with Gasteiger partial charge < -0.3 is 10.1 Å². The van der Waals surface area contributed by atoms with Gasteiger partial charge in [0.05, 0.1) is 25.2 Å². The highest BCUT2D eigenvalue weighted by Gasteiger charge is 2.30. The molecule has 9 nitrogen and oxygen atoms in total. The second-order valence-electron chi connectivity index (χ2n) is 5.45. The Morgan fingerprint density at radius 1 is 1.35 bits per heavy atom. The van der Waals surface area contributed by atoms with Crippen molar-refractivity contribution in [3.63, 3.8) is 0 Å². The van der Waals surface area contributed by atoms with E-state index in [0.717, 1.165) is 6.26 Å². The summed E-state index contributed by atoms with van der Waals surface area (Å²) >= 11 is 0. The first-order valence-corrected chi connectivity index (χ1v) is 8.95. The molecule has 23 heavy (non-hydrogen) atoms. The molecule has 0 radical (unpaired) electrons. The van der Waals surface area contributed by atoms with Gasteiger partial charge in [-0.15, -0.1) is 0 Å². The molecular formula is C13H20N4O5S. The number of hydrogen-bond donors (Lipinski definition) is 1. The maximum atomic E-state index is 12.3. The Kier molecular flexibility index (Phi) is 5.05. The third kappa shape index (κ3) is 3.88. The number of sulfonamides is 1. The summed E-state index contributed by atoms with van der Waals surface area (Å²) in [6.45, 7) is 0.627. The summed E-state index contributed by atoms with van der Waals surface area (Å²) in [4.78, 5) is 24.0. The van der Waals surface area contributed by atoms with Crippen LogP contribution in [-0.2, 0) is 26.6 Å². The number of carbonyl (C=O) groups excluding carboxylic acids is 2. The Labute approximate surface area is 134 Å². The van der Waals surface area contributed by atoms with Crippen molar-refractivity contribution < 1.29 is 22.7 Å². The van der Waals surface area contributed by atoms with Crippen LogP contribution in [0.4, 0.5) is 5.69 Å². The smallest absolute Gasteiger partial charge is 0.358 e. The monoisotopic (exact) mass is 344 g/mol. The van der Waals surface area contributed by atoms with Gasteiger partial charge in [-0.2, -0.15) is 5.10 Å². The van der Waals surface area contributed by atoms with Gasteiger partial charge >= 0.3 is 5.97 Å². The second kappa shape index (κ2) is 6.67. The fourth-order valence-corrected chi connectivity index (χ4v) is 3.43. The summed E-state index contributed by atoms with van der Waals surface area (Å²) in [5.74, 6) is -1.15. The third-order valence-electron chi connectivity index (χ3n) is 3.87. The van der Waals surface area contributed by atoms with Crippen LogP contribution >= 0.6 is 0 Å². The van der Waals surface area contributed by atoms with Crippen molar-refractivity contribution in [3.8, 4) is 0 Å². The summed E-state index contributed by atoms with van der Waals surface area (Å²) < 4.78 is 30.3. The highest BCUT2D eigenvalue weighted by molar-refractivity contribution is 7.88. The van der Waals surface area contributed by atoms with Gasteiger partial charge in [0.2, 0.25) is 15.9 Å². The molecule has 0 atom stereocenters. The van der Waals surface area contributed by atoms with Gasteiger partial charge in [0, 0.05) is 26.1 Å². The lowest BCUT2D eigenvalue weighted by atomic mass is 9.97. The Morgan fingerprint density at radius 2 is 1.96 bits per heavy atom. The summed E-state index contributed by atoms with van der Waals surface area (Å²) in [6.07, 6.45) is 3.42. The molecule has 0 unspecified atom stereocenters. The minimum atomic E-state index is -3.22. The Morgan fingerprint density at radius 3 is 2.48 bits per heavy atom. The molecule has 2 rings (SSSR count). The van der Waals surface area contributed by atoms with E-state index in [4.69, 9.17) is 0 Å². The maximum absolute atomic E-state index is 12.3. The summed E-state index contributed by atoms with van der Waals surface area (Å²) in [7, 11) is -0.397. The number of hydrogen-bond acceptors (Lipinski definition) is 6. The summed E-state index contributed by atoms with van der Waals surface area (Å²) in [6, 6.07) is 0. The SMILES string of the molecule is COC(=O)c1c(NC(=O)C2CCN(S(C)(=O)=O)CC2)cnn1C. The van der Waals surface area contributed by atoms with E-state index >= 15 is 0 Å². The lowest BCUT2D eigenvalue weighted by molar-refractivity contribution is -0.120. The van der Waals surface area contributed by atoms with Crippen molar-refractivity contribution in [1.82, 2.24) is 14.1 Å². The van der Waals surface area contributed by atoms with Gasteiger partial charge in [0.1, 0.15) is 0 Å². The van der Waals surface area contributed by atoms with E-state index < -0.39 is 16.0 Å². The third-order valence-corrected chi connectivity index (χ3v) is 5.17. The number of ether oxygens (including phenoxy) is 1. The zero-order chi connectivity index (χ0) is 17.2. The van der Waals surface area contributed by atoms with Gasteiger partial charge in [-0.25, -0.2) is 17.5 Å². The van der Waals surface area contributed by atoms with Crippen molar-refractivity contribution in [2.45, 2.75) is 12.8 Å². The zero-order valence-electron chi connectivity index (χ0n) is 13.3. The van der Waals surface area contributed by atoms with E-state index in [9.17, 15) is 18.0 Å². The van der Waals surface area contributed by atoms with Crippen LogP contribution in [0.5, 0.6) is 0 Å². The first kappa shape index (κ1) is 17.4. The van der Waals surface area contributed by atoms with Gasteiger partial charge in [0.25, 0.3) is 0 Å². The van der Waals surface area contributed by atoms with Crippen molar-refractivity contribution >= 4 is 27.6 Å². The quantitative estimate of drug-likeness (QED) is 0.759. The predicted octanol–water partition coefficient (Wildman–Crippen LogP) is -0.183. The highest BCUT2D eigenvalue weighted by atomic mass is 32.2. The van der Waals surface area contributed by atoms with Gasteiger partial charge in [-0.3, -0.25) is 9.48 Å². The van der Waals surface area contributed by atoms with Crippen molar-refractivity contribution in [3.05, 3.63) is 11.9 Å². The average Bonchev–Trinajstić information content (AvgIpc) is 2.86. The molecule has 1 fully saturated rings. The number of nitrogens with one attached hydrogen (secondary N) is 1.